The molecule has 4 aromatic rings. The van der Waals surface area contributed by atoms with Gasteiger partial charge in [-0.15, -0.1) is 15.3 Å². The molecule has 4 rings (SSSR count). The minimum Gasteiger partial charge on any atom is -0.493 e. The number of hydrogen-bond acceptors (Lipinski definition) is 8. The normalized spacial score (nSPS) is 10.7. The summed E-state index contributed by atoms with van der Waals surface area (Å²) in [6.07, 6.45) is 0. The van der Waals surface area contributed by atoms with Crippen LogP contribution in [0, 0.1) is 5.82 Å². The molecule has 0 aliphatic carbocycles. The van der Waals surface area contributed by atoms with Crippen LogP contribution < -0.4 is 24.3 Å². The number of amides is 1. The highest BCUT2D eigenvalue weighted by Gasteiger charge is 2.17. The second-order valence-corrected chi connectivity index (χ2v) is 6.99. The van der Waals surface area contributed by atoms with Crippen molar-refractivity contribution in [3.05, 3.63) is 59.9 Å². The lowest BCUT2D eigenvalue weighted by Crippen LogP contribution is -2.28. The number of methoxy groups -OCH3 is 3. The molecule has 2 heterocycles. The fraction of sp³-hybridized carbons (Fsp3) is 0.217. The van der Waals surface area contributed by atoms with E-state index in [1.807, 2.05) is 0 Å². The number of benzene rings is 2. The highest BCUT2D eigenvalue weighted by molar-refractivity contribution is 5.95. The summed E-state index contributed by atoms with van der Waals surface area (Å²) in [5, 5.41) is 15.3. The fourth-order valence-corrected chi connectivity index (χ4v) is 3.29. The van der Waals surface area contributed by atoms with E-state index in [2.05, 4.69) is 20.6 Å². The molecule has 1 amide bonds. The van der Waals surface area contributed by atoms with Crippen LogP contribution in [0.4, 0.5) is 4.39 Å². The molecule has 2 aromatic carbocycles. The van der Waals surface area contributed by atoms with Gasteiger partial charge < -0.3 is 24.3 Å². The molecule has 10 nitrogen and oxygen atoms in total. The number of carbonyl (C=O) groups is 1. The number of nitrogens with zero attached hydrogens (tertiary/aromatic N) is 4. The van der Waals surface area contributed by atoms with E-state index in [4.69, 9.17) is 18.9 Å². The van der Waals surface area contributed by atoms with Gasteiger partial charge in [0.05, 0.1) is 27.9 Å². The summed E-state index contributed by atoms with van der Waals surface area (Å²) in [4.78, 5) is 12.6. The Bertz CT molecular complexity index is 1300. The van der Waals surface area contributed by atoms with E-state index < -0.39 is 0 Å². The van der Waals surface area contributed by atoms with Gasteiger partial charge in [0.1, 0.15) is 12.4 Å². The monoisotopic (exact) mass is 467 g/mol. The molecule has 1 N–H and O–H groups in total. The maximum absolute atomic E-state index is 13.6. The smallest absolute Gasteiger partial charge is 0.251 e. The van der Waals surface area contributed by atoms with Crippen LogP contribution in [0.15, 0.2) is 48.5 Å². The van der Waals surface area contributed by atoms with Crippen molar-refractivity contribution in [2.45, 2.75) is 0 Å². The Kier molecular flexibility index (Phi) is 6.72. The zero-order valence-electron chi connectivity index (χ0n) is 18.7. The topological polar surface area (TPSA) is 109 Å². The number of aromatic nitrogens is 4. The average molecular weight is 467 g/mol. The number of ether oxygens (including phenoxy) is 4. The van der Waals surface area contributed by atoms with Gasteiger partial charge in [0, 0.05) is 17.2 Å². The zero-order valence-corrected chi connectivity index (χ0v) is 18.7. The fourth-order valence-electron chi connectivity index (χ4n) is 3.29. The Morgan fingerprint density at radius 2 is 1.76 bits per heavy atom. The van der Waals surface area contributed by atoms with Crippen molar-refractivity contribution in [1.82, 2.24) is 25.1 Å². The number of hydrogen-bond donors (Lipinski definition) is 1. The summed E-state index contributed by atoms with van der Waals surface area (Å²) in [5.41, 5.74) is 1.37. The van der Waals surface area contributed by atoms with E-state index in [1.54, 1.807) is 36.4 Å². The van der Waals surface area contributed by atoms with E-state index in [9.17, 15) is 9.18 Å². The largest absolute Gasteiger partial charge is 0.493 e. The molecule has 0 aliphatic heterocycles. The number of halogens is 1. The van der Waals surface area contributed by atoms with Crippen LogP contribution in [0.3, 0.4) is 0 Å². The molecule has 0 saturated heterocycles. The number of carbonyl (C=O) groups excluding carboxylic acids is 1. The first kappa shape index (κ1) is 22.8. The Morgan fingerprint density at radius 1 is 1.00 bits per heavy atom. The second kappa shape index (κ2) is 10.0. The van der Waals surface area contributed by atoms with Gasteiger partial charge in [0.25, 0.3) is 5.91 Å². The van der Waals surface area contributed by atoms with Crippen molar-refractivity contribution in [3.8, 4) is 34.5 Å². The van der Waals surface area contributed by atoms with Crippen molar-refractivity contribution < 1.29 is 28.1 Å². The molecule has 0 bridgehead atoms. The number of rotatable bonds is 9. The van der Waals surface area contributed by atoms with Crippen LogP contribution in [0.2, 0.25) is 0 Å². The molecule has 176 valence electrons. The van der Waals surface area contributed by atoms with Crippen LogP contribution >= 0.6 is 0 Å². The van der Waals surface area contributed by atoms with Gasteiger partial charge >= 0.3 is 0 Å². The summed E-state index contributed by atoms with van der Waals surface area (Å²) in [6.45, 7) is 0.375. The lowest BCUT2D eigenvalue weighted by Gasteiger charge is -2.14. The number of fused-ring (bicyclic) bond motifs is 1. The maximum atomic E-state index is 13.6. The van der Waals surface area contributed by atoms with Gasteiger partial charge in [0.2, 0.25) is 11.6 Å². The van der Waals surface area contributed by atoms with Crippen molar-refractivity contribution in [1.29, 1.82) is 0 Å². The highest BCUT2D eigenvalue weighted by Crippen LogP contribution is 2.38. The zero-order chi connectivity index (χ0) is 24.1. The molecule has 2 aromatic heterocycles. The van der Waals surface area contributed by atoms with Crippen molar-refractivity contribution in [3.63, 3.8) is 0 Å². The van der Waals surface area contributed by atoms with E-state index in [0.29, 0.717) is 45.7 Å². The third kappa shape index (κ3) is 4.68. The molecule has 0 saturated carbocycles. The third-order valence-corrected chi connectivity index (χ3v) is 4.89. The van der Waals surface area contributed by atoms with E-state index in [1.165, 1.54) is 38.0 Å². The molecule has 11 heteroatoms. The molecular formula is C23H22FN5O5. The summed E-state index contributed by atoms with van der Waals surface area (Å²) < 4.78 is 36.6. The predicted molar refractivity (Wildman–Crippen MR) is 120 cm³/mol. The standard InChI is InChI=1S/C23H22FN5O5/c1-31-17-12-15(13-18(32-2)21(17)33-3)23(30)25-9-10-34-20-8-7-19-26-27-22(29(19)28-20)14-5-4-6-16(24)11-14/h4-8,11-13H,9-10H2,1-3H3,(H,25,30). The first-order valence-electron chi connectivity index (χ1n) is 10.2. The summed E-state index contributed by atoms with van der Waals surface area (Å²) in [6, 6.07) is 12.5. The molecule has 34 heavy (non-hydrogen) atoms. The lowest BCUT2D eigenvalue weighted by atomic mass is 10.1. The number of nitrogens with one attached hydrogen (secondary N) is 1. The van der Waals surface area contributed by atoms with Gasteiger partial charge in [-0.2, -0.15) is 4.52 Å². The minimum atomic E-state index is -0.385. The van der Waals surface area contributed by atoms with Crippen LogP contribution in [0.5, 0.6) is 23.1 Å². The second-order valence-electron chi connectivity index (χ2n) is 6.99. The third-order valence-electron chi connectivity index (χ3n) is 4.89. The Morgan fingerprint density at radius 3 is 2.44 bits per heavy atom. The van der Waals surface area contributed by atoms with E-state index in [-0.39, 0.29) is 24.9 Å². The summed E-state index contributed by atoms with van der Waals surface area (Å²) in [5.74, 6) is 1.12. The van der Waals surface area contributed by atoms with E-state index >= 15 is 0 Å². The van der Waals surface area contributed by atoms with Gasteiger partial charge in [-0.05, 0) is 30.3 Å². The molecule has 0 unspecified atom stereocenters. The molecule has 0 aliphatic rings. The first-order chi connectivity index (χ1) is 16.5. The molecular weight excluding hydrogens is 445 g/mol. The van der Waals surface area contributed by atoms with Crippen LogP contribution in [-0.2, 0) is 0 Å². The Balaban J connectivity index is 1.41. The summed E-state index contributed by atoms with van der Waals surface area (Å²) in [7, 11) is 4.45. The van der Waals surface area contributed by atoms with Crippen LogP contribution in [0.25, 0.3) is 17.0 Å². The van der Waals surface area contributed by atoms with Crippen molar-refractivity contribution >= 4 is 11.6 Å². The molecule has 0 spiro atoms. The van der Waals surface area contributed by atoms with Crippen molar-refractivity contribution in [2.75, 3.05) is 34.5 Å². The van der Waals surface area contributed by atoms with E-state index in [0.717, 1.165) is 0 Å². The maximum Gasteiger partial charge on any atom is 0.251 e. The summed E-state index contributed by atoms with van der Waals surface area (Å²) >= 11 is 0. The van der Waals surface area contributed by atoms with Gasteiger partial charge in [-0.3, -0.25) is 4.79 Å². The average Bonchev–Trinajstić information content (AvgIpc) is 3.28. The molecule has 0 fully saturated rings. The molecule has 0 radical (unpaired) electrons. The van der Waals surface area contributed by atoms with Crippen LogP contribution in [-0.4, -0.2) is 60.2 Å². The quantitative estimate of drug-likeness (QED) is 0.374. The van der Waals surface area contributed by atoms with Crippen molar-refractivity contribution in [2.24, 2.45) is 0 Å². The lowest BCUT2D eigenvalue weighted by molar-refractivity contribution is 0.0945. The predicted octanol–water partition coefficient (Wildman–Crippen LogP) is 2.77. The first-order valence-corrected chi connectivity index (χ1v) is 10.2. The SMILES string of the molecule is COc1cc(C(=O)NCCOc2ccc3nnc(-c4cccc(F)c4)n3n2)cc(OC)c1OC. The minimum absolute atomic E-state index is 0.159. The van der Waals surface area contributed by atoms with Gasteiger partial charge in [-0.25, -0.2) is 4.39 Å². The molecule has 0 atom stereocenters. The van der Waals surface area contributed by atoms with Gasteiger partial charge in [-0.1, -0.05) is 12.1 Å². The Hall–Kier alpha value is -4.41. The Labute approximate surface area is 194 Å². The van der Waals surface area contributed by atoms with Crippen LogP contribution in [0.1, 0.15) is 10.4 Å². The highest BCUT2D eigenvalue weighted by atomic mass is 19.1. The van der Waals surface area contributed by atoms with Gasteiger partial charge in [0.15, 0.2) is 23.0 Å².